The average molecular weight is 306 g/mol. The Hall–Kier alpha value is -3.15. The second-order valence-electron chi connectivity index (χ2n) is 5.19. The lowest BCUT2D eigenvalue weighted by molar-refractivity contribution is 0.415. The highest BCUT2D eigenvalue weighted by Gasteiger charge is 2.14. The van der Waals surface area contributed by atoms with E-state index in [1.807, 2.05) is 60.1 Å². The quantitative estimate of drug-likeness (QED) is 0.580. The highest BCUT2D eigenvalue weighted by Crippen LogP contribution is 2.25. The molecule has 0 fully saturated rings. The van der Waals surface area contributed by atoms with Crippen molar-refractivity contribution in [2.45, 2.75) is 6.92 Å². The largest absolute Gasteiger partial charge is 0.497 e. The van der Waals surface area contributed by atoms with Crippen LogP contribution in [0.25, 0.3) is 28.7 Å². The van der Waals surface area contributed by atoms with Gasteiger partial charge in [0.2, 0.25) is 5.89 Å². The van der Waals surface area contributed by atoms with Crippen molar-refractivity contribution in [3.8, 4) is 28.8 Å². The van der Waals surface area contributed by atoms with Crippen molar-refractivity contribution in [1.82, 2.24) is 19.6 Å². The summed E-state index contributed by atoms with van der Waals surface area (Å²) >= 11 is 0. The van der Waals surface area contributed by atoms with Crippen molar-refractivity contribution in [3.63, 3.8) is 0 Å². The number of ether oxygens (including phenoxy) is 1. The molecule has 0 aliphatic carbocycles. The van der Waals surface area contributed by atoms with E-state index in [1.165, 1.54) is 0 Å². The molecule has 0 bridgehead atoms. The number of imidazole rings is 1. The first-order valence-corrected chi connectivity index (χ1v) is 7.17. The molecule has 0 saturated heterocycles. The molecule has 0 radical (unpaired) electrons. The van der Waals surface area contributed by atoms with E-state index in [2.05, 4.69) is 15.2 Å². The van der Waals surface area contributed by atoms with Gasteiger partial charge in [-0.2, -0.15) is 0 Å². The lowest BCUT2D eigenvalue weighted by atomic mass is 10.2. The SMILES string of the molecule is COc1ccc(-c2nnc(-c3cn4cccc(C)c4n3)o2)cc1. The van der Waals surface area contributed by atoms with Crippen LogP contribution < -0.4 is 4.74 Å². The molecule has 0 saturated carbocycles. The van der Waals surface area contributed by atoms with Crippen molar-refractivity contribution >= 4 is 5.65 Å². The maximum absolute atomic E-state index is 5.76. The van der Waals surface area contributed by atoms with E-state index >= 15 is 0 Å². The maximum atomic E-state index is 5.76. The standard InChI is InChI=1S/C17H14N4O2/c1-11-4-3-9-21-10-14(18-15(11)21)17-20-19-16(23-17)12-5-7-13(22-2)8-6-12/h3-10H,1-2H3. The average Bonchev–Trinajstić information content (AvgIpc) is 3.22. The number of hydrogen-bond acceptors (Lipinski definition) is 5. The molecule has 0 amide bonds. The van der Waals surface area contributed by atoms with E-state index in [4.69, 9.17) is 9.15 Å². The van der Waals surface area contributed by atoms with Gasteiger partial charge in [-0.15, -0.1) is 10.2 Å². The summed E-state index contributed by atoms with van der Waals surface area (Å²) in [6.07, 6.45) is 3.83. The molecule has 0 unspecified atom stereocenters. The van der Waals surface area contributed by atoms with Crippen molar-refractivity contribution in [1.29, 1.82) is 0 Å². The number of aryl methyl sites for hydroxylation is 1. The predicted octanol–water partition coefficient (Wildman–Crippen LogP) is 3.37. The second-order valence-corrected chi connectivity index (χ2v) is 5.19. The monoisotopic (exact) mass is 306 g/mol. The normalized spacial score (nSPS) is 11.0. The van der Waals surface area contributed by atoms with Gasteiger partial charge in [-0.25, -0.2) is 4.98 Å². The zero-order valence-corrected chi connectivity index (χ0v) is 12.7. The van der Waals surface area contributed by atoms with Crippen LogP contribution >= 0.6 is 0 Å². The Morgan fingerprint density at radius 1 is 1.04 bits per heavy atom. The molecule has 4 aromatic rings. The molecule has 4 rings (SSSR count). The zero-order valence-electron chi connectivity index (χ0n) is 12.7. The third-order valence-corrected chi connectivity index (χ3v) is 3.66. The van der Waals surface area contributed by atoms with Crippen LogP contribution in [0, 0.1) is 6.92 Å². The topological polar surface area (TPSA) is 65.5 Å². The molecule has 23 heavy (non-hydrogen) atoms. The predicted molar refractivity (Wildman–Crippen MR) is 85.2 cm³/mol. The third-order valence-electron chi connectivity index (χ3n) is 3.66. The molecule has 3 aromatic heterocycles. The fourth-order valence-corrected chi connectivity index (χ4v) is 2.43. The number of hydrogen-bond donors (Lipinski definition) is 0. The third kappa shape index (κ3) is 2.34. The molecule has 3 heterocycles. The molecule has 0 aliphatic heterocycles. The van der Waals surface area contributed by atoms with Gasteiger partial charge in [0.05, 0.1) is 7.11 Å². The Kier molecular flexibility index (Phi) is 3.08. The van der Waals surface area contributed by atoms with Gasteiger partial charge >= 0.3 is 0 Å². The van der Waals surface area contributed by atoms with Crippen molar-refractivity contribution < 1.29 is 9.15 Å². The fourth-order valence-electron chi connectivity index (χ4n) is 2.43. The van der Waals surface area contributed by atoms with Gasteiger partial charge in [-0.3, -0.25) is 0 Å². The fraction of sp³-hybridized carbons (Fsp3) is 0.118. The highest BCUT2D eigenvalue weighted by atomic mass is 16.5. The molecule has 0 N–H and O–H groups in total. The molecule has 0 spiro atoms. The van der Waals surface area contributed by atoms with Crippen molar-refractivity contribution in [2.75, 3.05) is 7.11 Å². The Balaban J connectivity index is 1.72. The summed E-state index contributed by atoms with van der Waals surface area (Å²) in [6, 6.07) is 11.5. The van der Waals surface area contributed by atoms with Crippen LogP contribution in [0.4, 0.5) is 0 Å². The highest BCUT2D eigenvalue weighted by molar-refractivity contribution is 5.60. The van der Waals surface area contributed by atoms with Crippen LogP contribution in [0.5, 0.6) is 5.75 Å². The van der Waals surface area contributed by atoms with Crippen LogP contribution in [0.3, 0.4) is 0 Å². The lowest BCUT2D eigenvalue weighted by Gasteiger charge is -1.99. The van der Waals surface area contributed by atoms with E-state index < -0.39 is 0 Å². The van der Waals surface area contributed by atoms with E-state index in [-0.39, 0.29) is 0 Å². The smallest absolute Gasteiger partial charge is 0.268 e. The Bertz CT molecular complexity index is 970. The number of aromatic nitrogens is 4. The number of methoxy groups -OCH3 is 1. The summed E-state index contributed by atoms with van der Waals surface area (Å²) in [5, 5.41) is 8.21. The van der Waals surface area contributed by atoms with Crippen LogP contribution in [0.1, 0.15) is 5.56 Å². The number of nitrogens with zero attached hydrogens (tertiary/aromatic N) is 4. The Morgan fingerprint density at radius 2 is 1.83 bits per heavy atom. The first kappa shape index (κ1) is 13.5. The molecule has 0 atom stereocenters. The molecular formula is C17H14N4O2. The Morgan fingerprint density at radius 3 is 2.57 bits per heavy atom. The number of rotatable bonds is 3. The van der Waals surface area contributed by atoms with Gasteiger partial charge in [0.25, 0.3) is 5.89 Å². The zero-order chi connectivity index (χ0) is 15.8. The van der Waals surface area contributed by atoms with E-state index in [1.54, 1.807) is 7.11 Å². The summed E-state index contributed by atoms with van der Waals surface area (Å²) < 4.78 is 12.9. The molecule has 1 aromatic carbocycles. The minimum Gasteiger partial charge on any atom is -0.497 e. The molecule has 6 nitrogen and oxygen atoms in total. The summed E-state index contributed by atoms with van der Waals surface area (Å²) in [7, 11) is 1.63. The molecule has 0 aliphatic rings. The Labute approximate surface area is 132 Å². The maximum Gasteiger partial charge on any atom is 0.268 e. The van der Waals surface area contributed by atoms with Crippen LogP contribution in [-0.2, 0) is 0 Å². The second kappa shape index (κ2) is 5.24. The van der Waals surface area contributed by atoms with E-state index in [0.717, 1.165) is 22.5 Å². The van der Waals surface area contributed by atoms with E-state index in [9.17, 15) is 0 Å². The molecule has 6 heteroatoms. The van der Waals surface area contributed by atoms with Crippen LogP contribution in [-0.4, -0.2) is 26.7 Å². The van der Waals surface area contributed by atoms with Crippen LogP contribution in [0.2, 0.25) is 0 Å². The van der Waals surface area contributed by atoms with E-state index in [0.29, 0.717) is 17.5 Å². The first-order valence-electron chi connectivity index (χ1n) is 7.17. The summed E-state index contributed by atoms with van der Waals surface area (Å²) in [6.45, 7) is 2.02. The van der Waals surface area contributed by atoms with Gasteiger partial charge < -0.3 is 13.6 Å². The minimum atomic E-state index is 0.402. The van der Waals surface area contributed by atoms with Crippen molar-refractivity contribution in [2.24, 2.45) is 0 Å². The van der Waals surface area contributed by atoms with Gasteiger partial charge in [0.15, 0.2) is 0 Å². The summed E-state index contributed by atoms with van der Waals surface area (Å²) in [5.74, 6) is 1.64. The summed E-state index contributed by atoms with van der Waals surface area (Å²) in [5.41, 5.74) is 3.47. The number of fused-ring (bicyclic) bond motifs is 1. The first-order chi connectivity index (χ1) is 11.2. The van der Waals surface area contributed by atoms with Gasteiger partial charge in [-0.05, 0) is 42.8 Å². The number of pyridine rings is 1. The number of benzene rings is 1. The van der Waals surface area contributed by atoms with Crippen molar-refractivity contribution in [3.05, 3.63) is 54.4 Å². The van der Waals surface area contributed by atoms with Crippen LogP contribution in [0.15, 0.2) is 53.2 Å². The molecular weight excluding hydrogens is 292 g/mol. The lowest BCUT2D eigenvalue weighted by Crippen LogP contribution is -1.83. The van der Waals surface area contributed by atoms with Gasteiger partial charge in [0.1, 0.15) is 17.1 Å². The van der Waals surface area contributed by atoms with Gasteiger partial charge in [0, 0.05) is 18.0 Å². The molecule has 114 valence electrons. The van der Waals surface area contributed by atoms with Gasteiger partial charge in [-0.1, -0.05) is 6.07 Å². The summed E-state index contributed by atoms with van der Waals surface area (Å²) in [4.78, 5) is 4.56. The minimum absolute atomic E-state index is 0.402.